The molecule has 7 atom stereocenters. The molecule has 1 N–H and O–H groups in total. The van der Waals surface area contributed by atoms with Gasteiger partial charge < -0.3 is 24.5 Å². The lowest BCUT2D eigenvalue weighted by molar-refractivity contribution is -0.160. The van der Waals surface area contributed by atoms with Gasteiger partial charge in [0.15, 0.2) is 0 Å². The number of amides is 3. The minimum absolute atomic E-state index is 0.0474. The van der Waals surface area contributed by atoms with Crippen molar-refractivity contribution in [2.24, 2.45) is 17.8 Å². The number of carbonyl (C=O) groups excluding carboxylic acids is 3. The Labute approximate surface area is 269 Å². The minimum Gasteiger partial charge on any atom is -0.394 e. The van der Waals surface area contributed by atoms with E-state index in [9.17, 15) is 14.7 Å². The van der Waals surface area contributed by atoms with E-state index in [-0.39, 0.29) is 36.3 Å². The summed E-state index contributed by atoms with van der Waals surface area (Å²) in [5.74, 6) is -2.08. The molecule has 1 spiro atoms. The maximum atomic E-state index is 15.0. The van der Waals surface area contributed by atoms with Crippen molar-refractivity contribution >= 4 is 17.7 Å². The van der Waals surface area contributed by atoms with E-state index >= 15 is 4.79 Å². The van der Waals surface area contributed by atoms with Gasteiger partial charge in [0.25, 0.3) is 0 Å². The van der Waals surface area contributed by atoms with Crippen molar-refractivity contribution < 1.29 is 24.2 Å². The van der Waals surface area contributed by atoms with E-state index in [1.165, 1.54) is 0 Å². The Hall–Kier alpha value is -2.97. The molecular formula is C37H53N3O5. The Balaban J connectivity index is 1.60. The van der Waals surface area contributed by atoms with E-state index in [0.717, 1.165) is 44.1 Å². The summed E-state index contributed by atoms with van der Waals surface area (Å²) in [5, 5.41) is 10.8. The maximum Gasteiger partial charge on any atom is 0.248 e. The molecule has 8 heteroatoms. The van der Waals surface area contributed by atoms with Crippen LogP contribution >= 0.6 is 0 Å². The quantitative estimate of drug-likeness (QED) is 0.293. The van der Waals surface area contributed by atoms with Gasteiger partial charge in [0.1, 0.15) is 11.6 Å². The predicted molar refractivity (Wildman–Crippen MR) is 175 cm³/mol. The molecule has 1 saturated carbocycles. The summed E-state index contributed by atoms with van der Waals surface area (Å²) < 4.78 is 7.10. The van der Waals surface area contributed by atoms with Crippen LogP contribution < -0.4 is 0 Å². The van der Waals surface area contributed by atoms with Crippen molar-refractivity contribution in [2.75, 3.05) is 19.7 Å². The first-order chi connectivity index (χ1) is 21.7. The number of benzene rings is 1. The SMILES string of the molecule is C=CCN(Cc1ccccc1)C(=O)[C@H]1[C@H]2C(=O)N([C@@H](CO)[C@@H](C)CC)C(C(=O)N(CC=C)C3CCCCC3)C23CC[C@]1(CC)O3. The molecule has 3 heterocycles. The van der Waals surface area contributed by atoms with E-state index < -0.39 is 35.1 Å². The van der Waals surface area contributed by atoms with Gasteiger partial charge in [-0.2, -0.15) is 0 Å². The van der Waals surface area contributed by atoms with Gasteiger partial charge in [0.2, 0.25) is 17.7 Å². The number of aliphatic hydroxyl groups excluding tert-OH is 1. The van der Waals surface area contributed by atoms with Crippen LogP contribution in [0.25, 0.3) is 0 Å². The third-order valence-electron chi connectivity index (χ3n) is 11.5. The Morgan fingerprint density at radius 3 is 2.36 bits per heavy atom. The molecule has 3 aliphatic heterocycles. The van der Waals surface area contributed by atoms with Crippen LogP contribution in [0, 0.1) is 17.8 Å². The Bertz CT molecular complexity index is 1250. The van der Waals surface area contributed by atoms with Gasteiger partial charge in [-0.15, -0.1) is 13.2 Å². The molecule has 3 saturated heterocycles. The molecule has 1 aromatic rings. The molecule has 2 unspecified atom stereocenters. The first-order valence-electron chi connectivity index (χ1n) is 17.2. The zero-order chi connectivity index (χ0) is 32.4. The van der Waals surface area contributed by atoms with Gasteiger partial charge in [-0.1, -0.05) is 88.9 Å². The second-order valence-corrected chi connectivity index (χ2v) is 13.8. The van der Waals surface area contributed by atoms with Gasteiger partial charge >= 0.3 is 0 Å². The largest absolute Gasteiger partial charge is 0.394 e. The molecule has 4 aliphatic rings. The highest BCUT2D eigenvalue weighted by Crippen LogP contribution is 2.65. The zero-order valence-electron chi connectivity index (χ0n) is 27.5. The summed E-state index contributed by atoms with van der Waals surface area (Å²) in [6.45, 7) is 14.8. The van der Waals surface area contributed by atoms with E-state index in [1.54, 1.807) is 22.0 Å². The lowest BCUT2D eigenvalue weighted by Gasteiger charge is -2.43. The van der Waals surface area contributed by atoms with E-state index in [4.69, 9.17) is 4.74 Å². The minimum atomic E-state index is -1.13. The van der Waals surface area contributed by atoms with Crippen molar-refractivity contribution in [3.63, 3.8) is 0 Å². The number of hydrogen-bond donors (Lipinski definition) is 1. The van der Waals surface area contributed by atoms with Gasteiger partial charge in [-0.3, -0.25) is 14.4 Å². The topological polar surface area (TPSA) is 90.4 Å². The molecule has 5 rings (SSSR count). The van der Waals surface area contributed by atoms with Gasteiger partial charge in [-0.25, -0.2) is 0 Å². The molecule has 1 aliphatic carbocycles. The highest BCUT2D eigenvalue weighted by atomic mass is 16.5. The monoisotopic (exact) mass is 619 g/mol. The molecule has 1 aromatic carbocycles. The van der Waals surface area contributed by atoms with Crippen molar-refractivity contribution in [1.29, 1.82) is 0 Å². The Kier molecular flexibility index (Phi) is 10.2. The summed E-state index contributed by atoms with van der Waals surface area (Å²) in [5.41, 5.74) is -0.974. The second kappa shape index (κ2) is 13.8. The van der Waals surface area contributed by atoms with Crippen molar-refractivity contribution in [2.45, 2.75) is 114 Å². The number of nitrogens with zero attached hydrogens (tertiary/aromatic N) is 3. The summed E-state index contributed by atoms with van der Waals surface area (Å²) in [6.07, 6.45) is 11.0. The molecule has 2 bridgehead atoms. The molecule has 45 heavy (non-hydrogen) atoms. The summed E-state index contributed by atoms with van der Waals surface area (Å²) >= 11 is 0. The van der Waals surface area contributed by atoms with E-state index in [2.05, 4.69) is 13.2 Å². The molecule has 8 nitrogen and oxygen atoms in total. The highest BCUT2D eigenvalue weighted by Gasteiger charge is 2.79. The van der Waals surface area contributed by atoms with Crippen LogP contribution in [0.15, 0.2) is 55.6 Å². The fraction of sp³-hybridized carbons (Fsp3) is 0.649. The molecule has 4 fully saturated rings. The molecule has 246 valence electrons. The van der Waals surface area contributed by atoms with Crippen LogP contribution in [0.3, 0.4) is 0 Å². The Morgan fingerprint density at radius 2 is 1.76 bits per heavy atom. The number of ether oxygens (including phenoxy) is 1. The fourth-order valence-corrected chi connectivity index (χ4v) is 8.98. The summed E-state index contributed by atoms with van der Waals surface area (Å²) in [6, 6.07) is 8.44. The number of rotatable bonds is 14. The lowest BCUT2D eigenvalue weighted by atomic mass is 9.64. The zero-order valence-corrected chi connectivity index (χ0v) is 27.5. The van der Waals surface area contributed by atoms with Gasteiger partial charge in [0, 0.05) is 25.7 Å². The first-order valence-corrected chi connectivity index (χ1v) is 17.2. The van der Waals surface area contributed by atoms with Gasteiger partial charge in [0.05, 0.1) is 30.1 Å². The molecule has 3 amide bonds. The first kappa shape index (κ1) is 33.4. The number of fused-ring (bicyclic) bond motifs is 1. The summed E-state index contributed by atoms with van der Waals surface area (Å²) in [7, 11) is 0. The van der Waals surface area contributed by atoms with Crippen LogP contribution in [-0.2, 0) is 25.7 Å². The standard InChI is InChI=1S/C37H53N3O5/c1-6-22-38(24-27-16-12-10-13-17-27)33(42)30-31-34(43)40(29(25-41)26(5)8-3)32(37(31)21-20-36(30,9-4)45-37)35(44)39(23-7-2)28-18-14-11-15-19-28/h6-7,10,12-13,16-17,26,28-32,41H,1-2,8-9,11,14-15,18-25H2,3-5H3/t26-,29-,30+,31-,32?,36-,37?/m0/s1. The number of carbonyl (C=O) groups is 3. The highest BCUT2D eigenvalue weighted by molar-refractivity contribution is 5.99. The number of aliphatic hydroxyl groups is 1. The van der Waals surface area contributed by atoms with Crippen LogP contribution in [0.2, 0.25) is 0 Å². The van der Waals surface area contributed by atoms with Crippen molar-refractivity contribution in [3.05, 3.63) is 61.2 Å². The average molecular weight is 620 g/mol. The third kappa shape index (κ3) is 5.67. The maximum absolute atomic E-state index is 15.0. The summed E-state index contributed by atoms with van der Waals surface area (Å²) in [4.78, 5) is 50.0. The average Bonchev–Trinajstić information content (AvgIpc) is 3.67. The molecule has 0 radical (unpaired) electrons. The lowest BCUT2D eigenvalue weighted by Crippen LogP contribution is -2.61. The number of hydrogen-bond acceptors (Lipinski definition) is 5. The van der Waals surface area contributed by atoms with Crippen LogP contribution in [0.5, 0.6) is 0 Å². The van der Waals surface area contributed by atoms with E-state index in [0.29, 0.717) is 38.9 Å². The number of likely N-dealkylation sites (tertiary alicyclic amines) is 1. The normalized spacial score (nSPS) is 30.5. The van der Waals surface area contributed by atoms with Crippen molar-refractivity contribution in [1.82, 2.24) is 14.7 Å². The second-order valence-electron chi connectivity index (χ2n) is 13.8. The Morgan fingerprint density at radius 1 is 1.07 bits per heavy atom. The van der Waals surface area contributed by atoms with Crippen molar-refractivity contribution in [3.8, 4) is 0 Å². The van der Waals surface area contributed by atoms with Crippen LogP contribution in [0.1, 0.15) is 84.1 Å². The van der Waals surface area contributed by atoms with Crippen LogP contribution in [0.4, 0.5) is 0 Å². The smallest absolute Gasteiger partial charge is 0.248 e. The van der Waals surface area contributed by atoms with Gasteiger partial charge in [-0.05, 0) is 43.6 Å². The molecule has 0 aromatic heterocycles. The van der Waals surface area contributed by atoms with E-state index in [1.807, 2.05) is 56.0 Å². The third-order valence-corrected chi connectivity index (χ3v) is 11.5. The van der Waals surface area contributed by atoms with Crippen LogP contribution in [-0.4, -0.2) is 86.6 Å². The molecular weight excluding hydrogens is 566 g/mol. The fourth-order valence-electron chi connectivity index (χ4n) is 8.98. The predicted octanol–water partition coefficient (Wildman–Crippen LogP) is 5.11.